The molecule has 13 heavy (non-hydrogen) atoms. The van der Waals surface area contributed by atoms with Crippen LogP contribution >= 0.6 is 0 Å². The minimum Gasteiger partial charge on any atom is -0.338 e. The van der Waals surface area contributed by atoms with Crippen molar-refractivity contribution in [1.82, 2.24) is 4.90 Å². The van der Waals surface area contributed by atoms with Crippen LogP contribution in [0.2, 0.25) is 0 Å². The predicted octanol–water partition coefficient (Wildman–Crippen LogP) is 1.32. The molecule has 0 aromatic rings. The molecule has 70 valence electrons. The summed E-state index contributed by atoms with van der Waals surface area (Å²) in [5.41, 5.74) is -0.682. The number of hydrogen-bond donors (Lipinski definition) is 0. The number of nitriles is 1. The van der Waals surface area contributed by atoms with Crippen LogP contribution in [0, 0.1) is 16.7 Å². The second-order valence-corrected chi connectivity index (χ2v) is 3.33. The highest BCUT2D eigenvalue weighted by atomic mass is 16.2. The molecule has 1 aliphatic carbocycles. The molecule has 0 radical (unpaired) electrons. The third-order valence-electron chi connectivity index (χ3n) is 2.39. The molecule has 0 bridgehead atoms. The van der Waals surface area contributed by atoms with Crippen LogP contribution < -0.4 is 0 Å². The van der Waals surface area contributed by atoms with E-state index in [2.05, 4.69) is 12.6 Å². The van der Waals surface area contributed by atoms with Crippen molar-refractivity contribution in [3.8, 4) is 6.07 Å². The van der Waals surface area contributed by atoms with E-state index in [1.54, 1.807) is 11.0 Å². The quantitative estimate of drug-likeness (QED) is 0.609. The Morgan fingerprint density at radius 3 is 2.69 bits per heavy atom. The summed E-state index contributed by atoms with van der Waals surface area (Å²) in [5.74, 6) is -0.0302. The van der Waals surface area contributed by atoms with Crippen LogP contribution in [0.4, 0.5) is 0 Å². The number of amides is 1. The summed E-state index contributed by atoms with van der Waals surface area (Å²) in [7, 11) is 0. The maximum absolute atomic E-state index is 11.7. The Labute approximate surface area is 78.6 Å². The van der Waals surface area contributed by atoms with Crippen molar-refractivity contribution in [2.24, 2.45) is 5.41 Å². The maximum Gasteiger partial charge on any atom is 0.243 e. The van der Waals surface area contributed by atoms with Crippen LogP contribution in [0.25, 0.3) is 0 Å². The van der Waals surface area contributed by atoms with E-state index in [0.29, 0.717) is 13.1 Å². The number of likely N-dealkylation sites (N-methyl/N-ethyl adjacent to an activating group) is 1. The third-order valence-corrected chi connectivity index (χ3v) is 2.39. The fraction of sp³-hybridized carbons (Fsp3) is 0.600. The van der Waals surface area contributed by atoms with E-state index in [4.69, 9.17) is 5.26 Å². The van der Waals surface area contributed by atoms with Gasteiger partial charge in [0.25, 0.3) is 0 Å². The molecule has 1 fully saturated rings. The molecule has 0 atom stereocenters. The van der Waals surface area contributed by atoms with Gasteiger partial charge in [0, 0.05) is 13.1 Å². The number of nitrogens with zero attached hydrogens (tertiary/aromatic N) is 2. The largest absolute Gasteiger partial charge is 0.338 e. The average Bonchev–Trinajstić information content (AvgIpc) is 2.93. The predicted molar refractivity (Wildman–Crippen MR) is 49.7 cm³/mol. The Kier molecular flexibility index (Phi) is 2.72. The molecule has 0 spiro atoms. The summed E-state index contributed by atoms with van der Waals surface area (Å²) in [5, 5.41) is 8.82. The van der Waals surface area contributed by atoms with Gasteiger partial charge in [-0.25, -0.2) is 0 Å². The van der Waals surface area contributed by atoms with Gasteiger partial charge in [-0.1, -0.05) is 6.08 Å². The van der Waals surface area contributed by atoms with Gasteiger partial charge in [-0.2, -0.15) is 5.26 Å². The highest BCUT2D eigenvalue weighted by Crippen LogP contribution is 2.46. The molecule has 0 N–H and O–H groups in total. The summed E-state index contributed by atoms with van der Waals surface area (Å²) in [6, 6.07) is 2.10. The Morgan fingerprint density at radius 2 is 2.38 bits per heavy atom. The van der Waals surface area contributed by atoms with E-state index in [0.717, 1.165) is 12.8 Å². The zero-order valence-corrected chi connectivity index (χ0v) is 7.92. The maximum atomic E-state index is 11.7. The summed E-state index contributed by atoms with van der Waals surface area (Å²) in [6.45, 7) is 6.68. The Hall–Kier alpha value is -1.30. The first-order valence-corrected chi connectivity index (χ1v) is 4.51. The second-order valence-electron chi connectivity index (χ2n) is 3.33. The molecule has 0 unspecified atom stereocenters. The topological polar surface area (TPSA) is 44.1 Å². The van der Waals surface area contributed by atoms with Gasteiger partial charge in [0.15, 0.2) is 0 Å². The van der Waals surface area contributed by atoms with Crippen LogP contribution in [-0.4, -0.2) is 23.9 Å². The minimum atomic E-state index is -0.682. The van der Waals surface area contributed by atoms with E-state index in [1.807, 2.05) is 6.92 Å². The Morgan fingerprint density at radius 1 is 1.77 bits per heavy atom. The fourth-order valence-corrected chi connectivity index (χ4v) is 1.31. The van der Waals surface area contributed by atoms with Gasteiger partial charge in [-0.05, 0) is 19.8 Å². The summed E-state index contributed by atoms with van der Waals surface area (Å²) >= 11 is 0. The third kappa shape index (κ3) is 1.72. The second kappa shape index (κ2) is 3.61. The van der Waals surface area contributed by atoms with Crippen LogP contribution in [0.15, 0.2) is 12.7 Å². The summed E-state index contributed by atoms with van der Waals surface area (Å²) in [4.78, 5) is 13.4. The van der Waals surface area contributed by atoms with Crippen molar-refractivity contribution in [2.45, 2.75) is 19.8 Å². The fourth-order valence-electron chi connectivity index (χ4n) is 1.31. The Balaban J connectivity index is 2.65. The van der Waals surface area contributed by atoms with Crippen molar-refractivity contribution in [1.29, 1.82) is 5.26 Å². The number of carbonyl (C=O) groups is 1. The van der Waals surface area contributed by atoms with Crippen molar-refractivity contribution >= 4 is 5.91 Å². The molecular weight excluding hydrogens is 164 g/mol. The standard InChI is InChI=1S/C10H14N2O/c1-3-7-12(4-2)9(13)10(8-11)5-6-10/h3H,1,4-7H2,2H3. The van der Waals surface area contributed by atoms with Crippen molar-refractivity contribution in [3.63, 3.8) is 0 Å². The zero-order valence-electron chi connectivity index (χ0n) is 7.92. The molecule has 3 heteroatoms. The van der Waals surface area contributed by atoms with Gasteiger partial charge in [0.1, 0.15) is 5.41 Å². The summed E-state index contributed by atoms with van der Waals surface area (Å²) in [6.07, 6.45) is 3.13. The number of hydrogen-bond acceptors (Lipinski definition) is 2. The lowest BCUT2D eigenvalue weighted by molar-refractivity contribution is -0.134. The van der Waals surface area contributed by atoms with Gasteiger partial charge in [0.2, 0.25) is 5.91 Å². The van der Waals surface area contributed by atoms with E-state index >= 15 is 0 Å². The highest BCUT2D eigenvalue weighted by molar-refractivity contribution is 5.88. The lowest BCUT2D eigenvalue weighted by Crippen LogP contribution is -2.36. The smallest absolute Gasteiger partial charge is 0.243 e. The lowest BCUT2D eigenvalue weighted by Gasteiger charge is -2.21. The van der Waals surface area contributed by atoms with Crippen LogP contribution in [0.1, 0.15) is 19.8 Å². The van der Waals surface area contributed by atoms with E-state index < -0.39 is 5.41 Å². The first-order chi connectivity index (χ1) is 6.20. The monoisotopic (exact) mass is 178 g/mol. The number of carbonyl (C=O) groups excluding carboxylic acids is 1. The average molecular weight is 178 g/mol. The molecule has 1 saturated carbocycles. The van der Waals surface area contributed by atoms with Crippen molar-refractivity contribution < 1.29 is 4.79 Å². The number of rotatable bonds is 4. The zero-order chi connectivity index (χ0) is 9.90. The first kappa shape index (κ1) is 9.79. The minimum absolute atomic E-state index is 0.0302. The molecule has 0 aromatic heterocycles. The summed E-state index contributed by atoms with van der Waals surface area (Å²) < 4.78 is 0. The van der Waals surface area contributed by atoms with Gasteiger partial charge >= 0.3 is 0 Å². The Bertz CT molecular complexity index is 261. The molecule has 0 heterocycles. The normalized spacial score (nSPS) is 17.2. The molecule has 3 nitrogen and oxygen atoms in total. The van der Waals surface area contributed by atoms with Crippen molar-refractivity contribution in [2.75, 3.05) is 13.1 Å². The molecule has 1 aliphatic rings. The molecular formula is C10H14N2O. The van der Waals surface area contributed by atoms with Gasteiger partial charge in [-0.3, -0.25) is 4.79 Å². The van der Waals surface area contributed by atoms with Gasteiger partial charge in [0.05, 0.1) is 6.07 Å². The van der Waals surface area contributed by atoms with E-state index in [-0.39, 0.29) is 5.91 Å². The van der Waals surface area contributed by atoms with Gasteiger partial charge < -0.3 is 4.90 Å². The van der Waals surface area contributed by atoms with E-state index in [9.17, 15) is 4.79 Å². The SMILES string of the molecule is C=CCN(CC)C(=O)C1(C#N)CC1. The first-order valence-electron chi connectivity index (χ1n) is 4.51. The lowest BCUT2D eigenvalue weighted by atomic mass is 10.1. The van der Waals surface area contributed by atoms with E-state index in [1.165, 1.54) is 0 Å². The highest BCUT2D eigenvalue weighted by Gasteiger charge is 2.52. The molecule has 1 rings (SSSR count). The van der Waals surface area contributed by atoms with Crippen molar-refractivity contribution in [3.05, 3.63) is 12.7 Å². The van der Waals surface area contributed by atoms with Gasteiger partial charge in [-0.15, -0.1) is 6.58 Å². The molecule has 0 aromatic carbocycles. The molecule has 0 saturated heterocycles. The molecule has 1 amide bonds. The van der Waals surface area contributed by atoms with Crippen LogP contribution in [0.3, 0.4) is 0 Å². The molecule has 0 aliphatic heterocycles. The van der Waals surface area contributed by atoms with Crippen LogP contribution in [0.5, 0.6) is 0 Å². The van der Waals surface area contributed by atoms with Crippen LogP contribution in [-0.2, 0) is 4.79 Å².